The summed E-state index contributed by atoms with van der Waals surface area (Å²) < 4.78 is 7.24. The van der Waals surface area contributed by atoms with Gasteiger partial charge in [-0.05, 0) is 38.1 Å². The molecule has 0 atom stereocenters. The van der Waals surface area contributed by atoms with Gasteiger partial charge in [0.2, 0.25) is 5.90 Å². The molecule has 0 amide bonds. The van der Waals surface area contributed by atoms with Crippen LogP contribution in [0.1, 0.15) is 22.5 Å². The van der Waals surface area contributed by atoms with Gasteiger partial charge in [-0.25, -0.2) is 14.5 Å². The third kappa shape index (κ3) is 3.22. The van der Waals surface area contributed by atoms with Crippen molar-refractivity contribution in [1.29, 1.82) is 0 Å². The molecule has 0 saturated carbocycles. The van der Waals surface area contributed by atoms with E-state index in [0.29, 0.717) is 5.90 Å². The number of aromatic nitrogens is 2. The van der Waals surface area contributed by atoms with Gasteiger partial charge in [0.1, 0.15) is 7.85 Å². The Balaban J connectivity index is 1.74. The van der Waals surface area contributed by atoms with E-state index in [1.807, 2.05) is 81.0 Å². The van der Waals surface area contributed by atoms with Crippen LogP contribution < -0.4 is 5.46 Å². The van der Waals surface area contributed by atoms with Crippen molar-refractivity contribution in [2.45, 2.75) is 13.8 Å². The van der Waals surface area contributed by atoms with Crippen LogP contribution in [0.2, 0.25) is 0 Å². The van der Waals surface area contributed by atoms with Crippen LogP contribution in [0.5, 0.6) is 0 Å². The highest BCUT2D eigenvalue weighted by Crippen LogP contribution is 2.24. The Hall–Kier alpha value is -3.41. The standard InChI is InChI=1S/C21H18BN3O2/c1-13-18(14(2)25(24-13)17-9-4-3-5-10-17)12-19-21(26)27-20(23-19)15-7-6-8-16(22)11-15/h3-12H,22H2,1-2H3/b19-12-. The number of para-hydroxylation sites is 1. The summed E-state index contributed by atoms with van der Waals surface area (Å²) in [7, 11) is 1.99. The molecule has 0 aliphatic carbocycles. The Morgan fingerprint density at radius 2 is 1.85 bits per heavy atom. The van der Waals surface area contributed by atoms with Crippen LogP contribution in [-0.4, -0.2) is 29.5 Å². The minimum absolute atomic E-state index is 0.283. The smallest absolute Gasteiger partial charge is 0.363 e. The van der Waals surface area contributed by atoms with Crippen molar-refractivity contribution in [3.05, 3.63) is 82.8 Å². The Bertz CT molecular complexity index is 1100. The maximum absolute atomic E-state index is 12.3. The van der Waals surface area contributed by atoms with E-state index in [1.54, 1.807) is 6.08 Å². The molecular weight excluding hydrogens is 337 g/mol. The zero-order valence-electron chi connectivity index (χ0n) is 15.4. The number of hydrogen-bond acceptors (Lipinski definition) is 4. The molecule has 0 bridgehead atoms. The largest absolute Gasteiger partial charge is 0.402 e. The van der Waals surface area contributed by atoms with Crippen LogP contribution in [-0.2, 0) is 9.53 Å². The number of cyclic esters (lactones) is 1. The van der Waals surface area contributed by atoms with Crippen molar-refractivity contribution in [3.8, 4) is 5.69 Å². The highest BCUT2D eigenvalue weighted by atomic mass is 16.6. The van der Waals surface area contributed by atoms with Gasteiger partial charge in [0.25, 0.3) is 0 Å². The first-order chi connectivity index (χ1) is 13.0. The second-order valence-electron chi connectivity index (χ2n) is 6.54. The number of hydrogen-bond donors (Lipinski definition) is 0. The van der Waals surface area contributed by atoms with E-state index in [4.69, 9.17) is 4.74 Å². The molecule has 0 unspecified atom stereocenters. The lowest BCUT2D eigenvalue weighted by atomic mass is 9.94. The Morgan fingerprint density at radius 3 is 2.59 bits per heavy atom. The molecule has 5 nitrogen and oxygen atoms in total. The van der Waals surface area contributed by atoms with E-state index < -0.39 is 5.97 Å². The van der Waals surface area contributed by atoms with Crippen LogP contribution >= 0.6 is 0 Å². The number of aliphatic imine (C=N–C) groups is 1. The number of carbonyl (C=O) groups is 1. The molecule has 1 aliphatic heterocycles. The molecule has 0 spiro atoms. The lowest BCUT2D eigenvalue weighted by Crippen LogP contribution is -2.09. The molecule has 0 saturated heterocycles. The number of rotatable bonds is 3. The fourth-order valence-corrected chi connectivity index (χ4v) is 3.13. The fourth-order valence-electron chi connectivity index (χ4n) is 3.13. The monoisotopic (exact) mass is 355 g/mol. The van der Waals surface area contributed by atoms with Crippen LogP contribution in [0.4, 0.5) is 0 Å². The molecule has 3 aromatic rings. The maximum Gasteiger partial charge on any atom is 0.363 e. The Morgan fingerprint density at radius 1 is 1.07 bits per heavy atom. The average molecular weight is 355 g/mol. The van der Waals surface area contributed by atoms with E-state index >= 15 is 0 Å². The summed E-state index contributed by atoms with van der Waals surface area (Å²) in [6.07, 6.45) is 1.75. The topological polar surface area (TPSA) is 56.5 Å². The predicted octanol–water partition coefficient (Wildman–Crippen LogP) is 2.09. The molecule has 0 fully saturated rings. The highest BCUT2D eigenvalue weighted by molar-refractivity contribution is 6.32. The van der Waals surface area contributed by atoms with Crippen molar-refractivity contribution >= 4 is 31.3 Å². The predicted molar refractivity (Wildman–Crippen MR) is 108 cm³/mol. The zero-order valence-corrected chi connectivity index (χ0v) is 15.4. The van der Waals surface area contributed by atoms with Gasteiger partial charge in [0.05, 0.1) is 11.4 Å². The van der Waals surface area contributed by atoms with Crippen molar-refractivity contribution in [2.24, 2.45) is 4.99 Å². The Labute approximate surface area is 158 Å². The van der Waals surface area contributed by atoms with Crippen molar-refractivity contribution in [2.75, 3.05) is 0 Å². The van der Waals surface area contributed by atoms with Crippen molar-refractivity contribution < 1.29 is 9.53 Å². The lowest BCUT2D eigenvalue weighted by molar-refractivity contribution is -0.129. The number of aryl methyl sites for hydroxylation is 1. The fraction of sp³-hybridized carbons (Fsp3) is 0.0952. The van der Waals surface area contributed by atoms with Gasteiger partial charge >= 0.3 is 5.97 Å². The summed E-state index contributed by atoms with van der Waals surface area (Å²) in [6, 6.07) is 17.6. The Kier molecular flexibility index (Phi) is 4.24. The normalized spacial score (nSPS) is 15.1. The second-order valence-corrected chi connectivity index (χ2v) is 6.54. The molecular formula is C21H18BN3O2. The summed E-state index contributed by atoms with van der Waals surface area (Å²) in [4.78, 5) is 16.7. The van der Waals surface area contributed by atoms with Crippen LogP contribution in [0.25, 0.3) is 11.8 Å². The van der Waals surface area contributed by atoms with E-state index in [2.05, 4.69) is 10.1 Å². The van der Waals surface area contributed by atoms with Gasteiger partial charge in [0, 0.05) is 16.8 Å². The van der Waals surface area contributed by atoms with Gasteiger partial charge in [0.15, 0.2) is 5.70 Å². The molecule has 6 heteroatoms. The van der Waals surface area contributed by atoms with Crippen molar-refractivity contribution in [1.82, 2.24) is 9.78 Å². The van der Waals surface area contributed by atoms with Crippen molar-refractivity contribution in [3.63, 3.8) is 0 Å². The summed E-state index contributed by atoms with van der Waals surface area (Å²) in [5.41, 5.74) is 5.78. The van der Waals surface area contributed by atoms with Gasteiger partial charge in [-0.3, -0.25) is 0 Å². The minimum Gasteiger partial charge on any atom is -0.402 e. The van der Waals surface area contributed by atoms with E-state index in [1.165, 1.54) is 0 Å². The first-order valence-corrected chi connectivity index (χ1v) is 8.74. The van der Waals surface area contributed by atoms with E-state index in [9.17, 15) is 4.79 Å². The van der Waals surface area contributed by atoms with Crippen LogP contribution in [0.3, 0.4) is 0 Å². The lowest BCUT2D eigenvalue weighted by Gasteiger charge is -2.03. The van der Waals surface area contributed by atoms with Gasteiger partial charge in [-0.2, -0.15) is 5.10 Å². The third-order valence-electron chi connectivity index (χ3n) is 4.51. The minimum atomic E-state index is -0.447. The summed E-state index contributed by atoms with van der Waals surface area (Å²) in [5.74, 6) is -0.113. The van der Waals surface area contributed by atoms with Crippen LogP contribution in [0.15, 0.2) is 65.3 Å². The molecule has 1 aliphatic rings. The molecule has 2 heterocycles. The molecule has 4 rings (SSSR count). The molecule has 27 heavy (non-hydrogen) atoms. The third-order valence-corrected chi connectivity index (χ3v) is 4.51. The van der Waals surface area contributed by atoms with Gasteiger partial charge in [-0.15, -0.1) is 0 Å². The molecule has 132 valence electrons. The summed E-state index contributed by atoms with van der Waals surface area (Å²) >= 11 is 0. The molecule has 0 radical (unpaired) electrons. The zero-order chi connectivity index (χ0) is 19.0. The van der Waals surface area contributed by atoms with E-state index in [0.717, 1.165) is 33.7 Å². The summed E-state index contributed by atoms with van der Waals surface area (Å²) in [5, 5.41) is 4.61. The molecule has 2 aromatic carbocycles. The SMILES string of the molecule is Bc1cccc(C2=N/C(=C\c3c(C)nn(-c4ccccc4)c3C)C(=O)O2)c1. The van der Waals surface area contributed by atoms with Gasteiger partial charge < -0.3 is 4.74 Å². The maximum atomic E-state index is 12.3. The first kappa shape index (κ1) is 17.0. The average Bonchev–Trinajstić information content (AvgIpc) is 3.17. The first-order valence-electron chi connectivity index (χ1n) is 8.74. The number of benzene rings is 2. The van der Waals surface area contributed by atoms with E-state index in [-0.39, 0.29) is 5.70 Å². The molecule has 0 N–H and O–H groups in total. The van der Waals surface area contributed by atoms with Gasteiger partial charge in [-0.1, -0.05) is 41.9 Å². The number of nitrogens with zero attached hydrogens (tertiary/aromatic N) is 3. The highest BCUT2D eigenvalue weighted by Gasteiger charge is 2.25. The number of ether oxygens (including phenoxy) is 1. The summed E-state index contributed by atoms with van der Waals surface area (Å²) in [6.45, 7) is 3.90. The quantitative estimate of drug-likeness (QED) is 0.411. The number of esters is 1. The molecule has 1 aromatic heterocycles. The second kappa shape index (κ2) is 6.72. The number of carbonyl (C=O) groups excluding carboxylic acids is 1. The van der Waals surface area contributed by atoms with Crippen LogP contribution in [0, 0.1) is 13.8 Å².